The number of thiazole rings is 1. The van der Waals surface area contributed by atoms with Gasteiger partial charge in [-0.15, -0.1) is 11.3 Å². The smallest absolute Gasteiger partial charge is 0.131 e. The van der Waals surface area contributed by atoms with E-state index in [9.17, 15) is 5.11 Å². The summed E-state index contributed by atoms with van der Waals surface area (Å²) in [6.07, 6.45) is -0.599. The minimum absolute atomic E-state index is 0.599. The first-order valence-corrected chi connectivity index (χ1v) is 6.13. The molecule has 0 amide bonds. The lowest BCUT2D eigenvalue weighted by Crippen LogP contribution is -2.00. The van der Waals surface area contributed by atoms with Crippen molar-refractivity contribution in [3.8, 4) is 0 Å². The Hall–Kier alpha value is -1.19. The topological polar surface area (TPSA) is 33.1 Å². The number of hydrogen-bond acceptors (Lipinski definition) is 3. The van der Waals surface area contributed by atoms with Crippen LogP contribution in [0.3, 0.4) is 0 Å². The lowest BCUT2D eigenvalue weighted by molar-refractivity contribution is 0.219. The molecule has 84 valence electrons. The van der Waals surface area contributed by atoms with E-state index in [-0.39, 0.29) is 0 Å². The molecule has 0 fully saturated rings. The van der Waals surface area contributed by atoms with Crippen LogP contribution in [-0.2, 0) is 0 Å². The van der Waals surface area contributed by atoms with Gasteiger partial charge in [-0.1, -0.05) is 18.2 Å². The highest BCUT2D eigenvalue weighted by Gasteiger charge is 2.14. The summed E-state index contributed by atoms with van der Waals surface area (Å²) in [6, 6.07) is 6.02. The Kier molecular flexibility index (Phi) is 3.08. The fourth-order valence-corrected chi connectivity index (χ4v) is 2.38. The quantitative estimate of drug-likeness (QED) is 0.864. The minimum atomic E-state index is -0.599. The van der Waals surface area contributed by atoms with Crippen molar-refractivity contribution in [2.24, 2.45) is 0 Å². The standard InChI is InChI=1S/C13H15NOS/c1-8-4-5-11(6-9(8)2)12(15)13-14-10(3)7-16-13/h4-7,12,15H,1-3H3. The first-order valence-electron chi connectivity index (χ1n) is 5.25. The van der Waals surface area contributed by atoms with Gasteiger partial charge in [0.25, 0.3) is 0 Å². The van der Waals surface area contributed by atoms with Crippen LogP contribution in [0.1, 0.15) is 33.5 Å². The Bertz CT molecular complexity index is 504. The molecule has 2 rings (SSSR count). The van der Waals surface area contributed by atoms with E-state index in [1.54, 1.807) is 0 Å². The molecule has 1 aromatic carbocycles. The molecular weight excluding hydrogens is 218 g/mol. The highest BCUT2D eigenvalue weighted by atomic mass is 32.1. The fraction of sp³-hybridized carbons (Fsp3) is 0.308. The number of aryl methyl sites for hydroxylation is 3. The van der Waals surface area contributed by atoms with E-state index in [0.717, 1.165) is 16.3 Å². The second kappa shape index (κ2) is 4.36. The zero-order chi connectivity index (χ0) is 11.7. The molecule has 1 heterocycles. The molecule has 0 spiro atoms. The molecule has 1 unspecified atom stereocenters. The van der Waals surface area contributed by atoms with Gasteiger partial charge in [-0.05, 0) is 37.5 Å². The van der Waals surface area contributed by atoms with Crippen LogP contribution in [0.5, 0.6) is 0 Å². The summed E-state index contributed by atoms with van der Waals surface area (Å²) in [6.45, 7) is 6.06. The molecule has 3 heteroatoms. The van der Waals surface area contributed by atoms with Gasteiger partial charge in [-0.2, -0.15) is 0 Å². The monoisotopic (exact) mass is 233 g/mol. The maximum atomic E-state index is 10.2. The molecule has 0 saturated heterocycles. The zero-order valence-electron chi connectivity index (χ0n) is 9.69. The Morgan fingerprint density at radius 3 is 2.50 bits per heavy atom. The maximum Gasteiger partial charge on any atom is 0.131 e. The molecule has 1 atom stereocenters. The lowest BCUT2D eigenvalue weighted by Gasteiger charge is -2.10. The Morgan fingerprint density at radius 2 is 1.94 bits per heavy atom. The SMILES string of the molecule is Cc1csc(C(O)c2ccc(C)c(C)c2)n1. The summed E-state index contributed by atoms with van der Waals surface area (Å²) < 4.78 is 0. The summed E-state index contributed by atoms with van der Waals surface area (Å²) in [5.74, 6) is 0. The molecule has 1 N–H and O–H groups in total. The first-order chi connectivity index (χ1) is 7.58. The summed E-state index contributed by atoms with van der Waals surface area (Å²) >= 11 is 1.50. The van der Waals surface area contributed by atoms with Crippen molar-refractivity contribution in [2.75, 3.05) is 0 Å². The van der Waals surface area contributed by atoms with Crippen molar-refractivity contribution in [1.82, 2.24) is 4.98 Å². The average molecular weight is 233 g/mol. The second-order valence-electron chi connectivity index (χ2n) is 4.07. The molecule has 16 heavy (non-hydrogen) atoms. The lowest BCUT2D eigenvalue weighted by atomic mass is 10.0. The van der Waals surface area contributed by atoms with Crippen molar-refractivity contribution in [1.29, 1.82) is 0 Å². The van der Waals surface area contributed by atoms with E-state index >= 15 is 0 Å². The third-order valence-electron chi connectivity index (χ3n) is 2.72. The van der Waals surface area contributed by atoms with Gasteiger partial charge in [0.2, 0.25) is 0 Å². The molecule has 0 saturated carbocycles. The molecule has 0 aliphatic heterocycles. The number of benzene rings is 1. The van der Waals surface area contributed by atoms with Crippen LogP contribution in [0.25, 0.3) is 0 Å². The van der Waals surface area contributed by atoms with Gasteiger partial charge >= 0.3 is 0 Å². The van der Waals surface area contributed by atoms with Gasteiger partial charge in [0.15, 0.2) is 0 Å². The molecule has 0 aliphatic rings. The van der Waals surface area contributed by atoms with E-state index in [2.05, 4.69) is 18.8 Å². The third kappa shape index (κ3) is 2.15. The average Bonchev–Trinajstić information content (AvgIpc) is 2.68. The van der Waals surface area contributed by atoms with Crippen LogP contribution < -0.4 is 0 Å². The predicted molar refractivity (Wildman–Crippen MR) is 66.8 cm³/mol. The second-order valence-corrected chi connectivity index (χ2v) is 4.96. The molecule has 0 aliphatic carbocycles. The van der Waals surface area contributed by atoms with E-state index in [1.807, 2.05) is 30.5 Å². The van der Waals surface area contributed by atoms with Gasteiger partial charge in [-0.3, -0.25) is 0 Å². The highest BCUT2D eigenvalue weighted by Crippen LogP contribution is 2.26. The molecule has 0 radical (unpaired) electrons. The molecule has 2 nitrogen and oxygen atoms in total. The largest absolute Gasteiger partial charge is 0.381 e. The van der Waals surface area contributed by atoms with Crippen molar-refractivity contribution in [2.45, 2.75) is 26.9 Å². The molecule has 2 aromatic rings. The highest BCUT2D eigenvalue weighted by molar-refractivity contribution is 7.09. The van der Waals surface area contributed by atoms with Crippen molar-refractivity contribution < 1.29 is 5.11 Å². The normalized spacial score (nSPS) is 12.8. The summed E-state index contributed by atoms with van der Waals surface area (Å²) in [4.78, 5) is 4.31. The van der Waals surface area contributed by atoms with Crippen molar-refractivity contribution in [3.63, 3.8) is 0 Å². The van der Waals surface area contributed by atoms with Crippen LogP contribution in [-0.4, -0.2) is 10.1 Å². The van der Waals surface area contributed by atoms with Gasteiger partial charge in [0.1, 0.15) is 11.1 Å². The van der Waals surface area contributed by atoms with Crippen LogP contribution in [0.4, 0.5) is 0 Å². The predicted octanol–water partition coefficient (Wildman–Crippen LogP) is 3.15. The molecule has 0 bridgehead atoms. The number of aliphatic hydroxyl groups is 1. The third-order valence-corrected chi connectivity index (χ3v) is 3.73. The number of rotatable bonds is 2. The van der Waals surface area contributed by atoms with Gasteiger partial charge in [-0.25, -0.2) is 4.98 Å². The van der Waals surface area contributed by atoms with Crippen LogP contribution in [0, 0.1) is 20.8 Å². The maximum absolute atomic E-state index is 10.2. The van der Waals surface area contributed by atoms with Crippen LogP contribution >= 0.6 is 11.3 Å². The number of nitrogens with zero attached hydrogens (tertiary/aromatic N) is 1. The van der Waals surface area contributed by atoms with Crippen LogP contribution in [0.15, 0.2) is 23.6 Å². The fourth-order valence-electron chi connectivity index (χ4n) is 1.58. The van der Waals surface area contributed by atoms with E-state index in [0.29, 0.717) is 0 Å². The Balaban J connectivity index is 2.33. The van der Waals surface area contributed by atoms with Crippen LogP contribution in [0.2, 0.25) is 0 Å². The minimum Gasteiger partial charge on any atom is -0.381 e. The first kappa shape index (κ1) is 11.3. The number of hydrogen-bond donors (Lipinski definition) is 1. The summed E-state index contributed by atoms with van der Waals surface area (Å²) in [5.41, 5.74) is 4.32. The van der Waals surface area contributed by atoms with Gasteiger partial charge in [0, 0.05) is 11.1 Å². The number of aromatic nitrogens is 1. The van der Waals surface area contributed by atoms with Crippen molar-refractivity contribution >= 4 is 11.3 Å². The van der Waals surface area contributed by atoms with Gasteiger partial charge in [0.05, 0.1) is 0 Å². The summed E-state index contributed by atoms with van der Waals surface area (Å²) in [5, 5.41) is 12.9. The molecule has 1 aromatic heterocycles. The Labute approximate surface area is 99.6 Å². The van der Waals surface area contributed by atoms with Crippen molar-refractivity contribution in [3.05, 3.63) is 51.0 Å². The van der Waals surface area contributed by atoms with E-state index in [4.69, 9.17) is 0 Å². The zero-order valence-corrected chi connectivity index (χ0v) is 10.5. The van der Waals surface area contributed by atoms with E-state index in [1.165, 1.54) is 22.5 Å². The molecular formula is C13H15NOS. The summed E-state index contributed by atoms with van der Waals surface area (Å²) in [7, 11) is 0. The van der Waals surface area contributed by atoms with E-state index < -0.39 is 6.10 Å². The Morgan fingerprint density at radius 1 is 1.19 bits per heavy atom. The van der Waals surface area contributed by atoms with Gasteiger partial charge < -0.3 is 5.11 Å². The number of aliphatic hydroxyl groups excluding tert-OH is 1.